The lowest BCUT2D eigenvalue weighted by Gasteiger charge is -2.20. The van der Waals surface area contributed by atoms with Crippen LogP contribution < -0.4 is 0 Å². The van der Waals surface area contributed by atoms with E-state index in [1.54, 1.807) is 25.9 Å². The molecule has 0 aromatic carbocycles. The molecule has 1 aliphatic heterocycles. The largest absolute Gasteiger partial charge is 0.388 e. The van der Waals surface area contributed by atoms with Gasteiger partial charge in [0, 0.05) is 26.1 Å². The first-order chi connectivity index (χ1) is 8.86. The van der Waals surface area contributed by atoms with E-state index in [1.807, 2.05) is 6.92 Å². The molecule has 19 heavy (non-hydrogen) atoms. The number of aliphatic hydroxyl groups is 1. The summed E-state index contributed by atoms with van der Waals surface area (Å²) < 4.78 is 10.1. The first-order valence-electron chi connectivity index (χ1n) is 6.32. The molecule has 1 amide bonds. The summed E-state index contributed by atoms with van der Waals surface area (Å²) in [7, 11) is 1.56. The number of hydrogen-bond donors (Lipinski definition) is 1. The van der Waals surface area contributed by atoms with E-state index in [0.29, 0.717) is 24.4 Å². The lowest BCUT2D eigenvalue weighted by molar-refractivity contribution is 0.0349. The van der Waals surface area contributed by atoms with E-state index in [2.05, 4.69) is 5.16 Å². The van der Waals surface area contributed by atoms with Crippen molar-refractivity contribution >= 4 is 5.91 Å². The smallest absolute Gasteiger partial charge is 0.276 e. The lowest BCUT2D eigenvalue weighted by atomic mass is 9.95. The Labute approximate surface area is 112 Å². The van der Waals surface area contributed by atoms with E-state index in [9.17, 15) is 9.90 Å². The molecule has 106 valence electrons. The Hall–Kier alpha value is -1.40. The van der Waals surface area contributed by atoms with E-state index < -0.39 is 5.60 Å². The second-order valence-corrected chi connectivity index (χ2v) is 5.44. The van der Waals surface area contributed by atoms with Crippen LogP contribution in [0.1, 0.15) is 35.7 Å². The number of methoxy groups -OCH3 is 1. The minimum Gasteiger partial charge on any atom is -0.388 e. The highest BCUT2D eigenvalue weighted by atomic mass is 16.5. The molecular formula is C13H20N2O4. The van der Waals surface area contributed by atoms with Gasteiger partial charge in [-0.1, -0.05) is 12.1 Å². The maximum Gasteiger partial charge on any atom is 0.276 e. The van der Waals surface area contributed by atoms with Gasteiger partial charge in [0.25, 0.3) is 5.91 Å². The van der Waals surface area contributed by atoms with E-state index in [1.165, 1.54) is 0 Å². The second-order valence-electron chi connectivity index (χ2n) is 5.44. The van der Waals surface area contributed by atoms with Gasteiger partial charge >= 0.3 is 0 Å². The molecule has 0 radical (unpaired) electrons. The molecule has 0 saturated carbocycles. The SMILES string of the molecule is COCc1c(C(=O)N2C[C@@H](C)[C@@](C)(O)C2)noc1C. The summed E-state index contributed by atoms with van der Waals surface area (Å²) in [6, 6.07) is 0. The van der Waals surface area contributed by atoms with Crippen molar-refractivity contribution in [3.05, 3.63) is 17.0 Å². The van der Waals surface area contributed by atoms with Crippen LogP contribution in [0.3, 0.4) is 0 Å². The van der Waals surface area contributed by atoms with Crippen LogP contribution in [-0.2, 0) is 11.3 Å². The number of likely N-dealkylation sites (tertiary alicyclic amines) is 1. The lowest BCUT2D eigenvalue weighted by Crippen LogP contribution is -2.35. The third-order valence-electron chi connectivity index (χ3n) is 3.83. The number of carbonyl (C=O) groups is 1. The highest BCUT2D eigenvalue weighted by Gasteiger charge is 2.41. The summed E-state index contributed by atoms with van der Waals surface area (Å²) in [6.45, 7) is 6.54. The number of hydrogen-bond acceptors (Lipinski definition) is 5. The zero-order valence-corrected chi connectivity index (χ0v) is 11.8. The van der Waals surface area contributed by atoms with Gasteiger partial charge in [0.2, 0.25) is 0 Å². The minimum atomic E-state index is -0.851. The molecule has 0 aliphatic carbocycles. The molecule has 1 aromatic rings. The summed E-state index contributed by atoms with van der Waals surface area (Å²) in [6.07, 6.45) is 0. The van der Waals surface area contributed by atoms with Crippen molar-refractivity contribution in [3.8, 4) is 0 Å². The van der Waals surface area contributed by atoms with Crippen LogP contribution in [0.25, 0.3) is 0 Å². The van der Waals surface area contributed by atoms with Crippen molar-refractivity contribution in [3.63, 3.8) is 0 Å². The Bertz CT molecular complexity index is 481. The van der Waals surface area contributed by atoms with Gasteiger partial charge in [-0.3, -0.25) is 4.79 Å². The Morgan fingerprint density at radius 2 is 2.37 bits per heavy atom. The number of rotatable bonds is 3. The van der Waals surface area contributed by atoms with Crippen LogP contribution in [0.2, 0.25) is 0 Å². The summed E-state index contributed by atoms with van der Waals surface area (Å²) in [5.74, 6) is 0.410. The van der Waals surface area contributed by atoms with Gasteiger partial charge in [-0.15, -0.1) is 0 Å². The predicted octanol–water partition coefficient (Wildman–Crippen LogP) is 0.972. The van der Waals surface area contributed by atoms with Crippen molar-refractivity contribution in [1.29, 1.82) is 0 Å². The second kappa shape index (κ2) is 4.94. The van der Waals surface area contributed by atoms with E-state index in [4.69, 9.17) is 9.26 Å². The Kier molecular flexibility index (Phi) is 3.64. The monoisotopic (exact) mass is 268 g/mol. The van der Waals surface area contributed by atoms with Crippen molar-refractivity contribution in [2.75, 3.05) is 20.2 Å². The molecule has 1 aromatic heterocycles. The van der Waals surface area contributed by atoms with Gasteiger partial charge in [-0.05, 0) is 13.8 Å². The molecule has 0 bridgehead atoms. The van der Waals surface area contributed by atoms with Gasteiger partial charge in [-0.25, -0.2) is 0 Å². The molecular weight excluding hydrogens is 248 g/mol. The number of nitrogens with zero attached hydrogens (tertiary/aromatic N) is 2. The van der Waals surface area contributed by atoms with Gasteiger partial charge in [0.05, 0.1) is 17.8 Å². The average molecular weight is 268 g/mol. The van der Waals surface area contributed by atoms with Gasteiger partial charge in [0.15, 0.2) is 5.69 Å². The van der Waals surface area contributed by atoms with Gasteiger partial charge < -0.3 is 19.3 Å². The van der Waals surface area contributed by atoms with Gasteiger partial charge in [0.1, 0.15) is 5.76 Å². The first kappa shape index (κ1) is 14.0. The van der Waals surface area contributed by atoms with Crippen LogP contribution in [0.4, 0.5) is 0 Å². The van der Waals surface area contributed by atoms with Crippen LogP contribution in [0.5, 0.6) is 0 Å². The molecule has 2 heterocycles. The number of β-amino-alcohol motifs (C(OH)–C–C–N with tert-alkyl or cyclic N) is 1. The normalized spacial score (nSPS) is 27.0. The van der Waals surface area contributed by atoms with Crippen molar-refractivity contribution in [1.82, 2.24) is 10.1 Å². The summed E-state index contributed by atoms with van der Waals surface area (Å²) in [4.78, 5) is 14.0. The average Bonchev–Trinajstić information content (AvgIpc) is 2.82. The molecule has 2 rings (SSSR count). The molecule has 1 saturated heterocycles. The predicted molar refractivity (Wildman–Crippen MR) is 67.6 cm³/mol. The number of carbonyl (C=O) groups excluding carboxylic acids is 1. The number of aryl methyl sites for hydroxylation is 1. The van der Waals surface area contributed by atoms with Gasteiger partial charge in [-0.2, -0.15) is 0 Å². The molecule has 6 nitrogen and oxygen atoms in total. The molecule has 6 heteroatoms. The zero-order chi connectivity index (χ0) is 14.2. The van der Waals surface area contributed by atoms with E-state index >= 15 is 0 Å². The first-order valence-corrected chi connectivity index (χ1v) is 6.32. The topological polar surface area (TPSA) is 75.8 Å². The summed E-state index contributed by atoms with van der Waals surface area (Å²) in [5.41, 5.74) is 0.103. The molecule has 1 N–H and O–H groups in total. The van der Waals surface area contributed by atoms with Crippen molar-refractivity contribution in [2.24, 2.45) is 5.92 Å². The van der Waals surface area contributed by atoms with Crippen molar-refractivity contribution < 1.29 is 19.2 Å². The van der Waals surface area contributed by atoms with Crippen LogP contribution in [0.15, 0.2) is 4.52 Å². The fourth-order valence-corrected chi connectivity index (χ4v) is 2.31. The summed E-state index contributed by atoms with van der Waals surface area (Å²) in [5, 5.41) is 14.0. The maximum atomic E-state index is 12.4. The maximum absolute atomic E-state index is 12.4. The molecule has 2 atom stereocenters. The third kappa shape index (κ3) is 2.50. The standard InChI is InChI=1S/C13H20N2O4/c1-8-5-15(7-13(8,3)17)12(16)11-10(6-18-4)9(2)19-14-11/h8,17H,5-7H2,1-4H3/t8-,13+/m1/s1. The Balaban J connectivity index is 2.22. The number of ether oxygens (including phenoxy) is 1. The van der Waals surface area contributed by atoms with Crippen LogP contribution in [0, 0.1) is 12.8 Å². The van der Waals surface area contributed by atoms with Crippen molar-refractivity contribution in [2.45, 2.75) is 33.0 Å². The highest BCUT2D eigenvalue weighted by Crippen LogP contribution is 2.28. The molecule has 0 spiro atoms. The van der Waals surface area contributed by atoms with Crippen LogP contribution >= 0.6 is 0 Å². The number of amides is 1. The molecule has 1 fully saturated rings. The highest BCUT2D eigenvalue weighted by molar-refractivity contribution is 5.94. The Morgan fingerprint density at radius 1 is 1.68 bits per heavy atom. The zero-order valence-electron chi connectivity index (χ0n) is 11.8. The molecule has 0 unspecified atom stereocenters. The third-order valence-corrected chi connectivity index (χ3v) is 3.83. The van der Waals surface area contributed by atoms with E-state index in [0.717, 1.165) is 0 Å². The Morgan fingerprint density at radius 3 is 2.89 bits per heavy atom. The fraction of sp³-hybridized carbons (Fsp3) is 0.692. The number of aromatic nitrogens is 1. The van der Waals surface area contributed by atoms with Crippen LogP contribution in [-0.4, -0.2) is 46.9 Å². The fourth-order valence-electron chi connectivity index (χ4n) is 2.31. The molecule has 1 aliphatic rings. The summed E-state index contributed by atoms with van der Waals surface area (Å²) >= 11 is 0. The van der Waals surface area contributed by atoms with E-state index in [-0.39, 0.29) is 24.1 Å². The minimum absolute atomic E-state index is 0.0373. The quantitative estimate of drug-likeness (QED) is 0.884.